The Balaban J connectivity index is 2.30. The average molecular weight is 306 g/mol. The summed E-state index contributed by atoms with van der Waals surface area (Å²) in [6.07, 6.45) is 1.59. The van der Waals surface area contributed by atoms with Gasteiger partial charge < -0.3 is 5.73 Å². The van der Waals surface area contributed by atoms with Gasteiger partial charge >= 0.3 is 0 Å². The van der Waals surface area contributed by atoms with E-state index in [0.717, 1.165) is 9.92 Å². The van der Waals surface area contributed by atoms with Crippen LogP contribution in [-0.2, 0) is 0 Å². The molecule has 0 saturated carbocycles. The van der Waals surface area contributed by atoms with Crippen LogP contribution in [0, 0.1) is 0 Å². The summed E-state index contributed by atoms with van der Waals surface area (Å²) < 4.78 is 0. The monoisotopic (exact) mass is 304 g/mol. The van der Waals surface area contributed by atoms with Crippen LogP contribution in [0.15, 0.2) is 40.4 Å². The van der Waals surface area contributed by atoms with Gasteiger partial charge in [0, 0.05) is 4.90 Å². The van der Waals surface area contributed by atoms with Crippen molar-refractivity contribution in [1.29, 1.82) is 0 Å². The van der Waals surface area contributed by atoms with E-state index < -0.39 is 0 Å². The highest BCUT2D eigenvalue weighted by Crippen LogP contribution is 2.37. The third kappa shape index (κ3) is 3.19. The molecule has 2 aromatic rings. The summed E-state index contributed by atoms with van der Waals surface area (Å²) in [6.45, 7) is 0. The molecule has 17 heavy (non-hydrogen) atoms. The first-order valence-electron chi connectivity index (χ1n) is 4.60. The van der Waals surface area contributed by atoms with E-state index in [4.69, 9.17) is 40.5 Å². The predicted molar refractivity (Wildman–Crippen MR) is 74.2 cm³/mol. The van der Waals surface area contributed by atoms with E-state index in [1.165, 1.54) is 11.8 Å². The average Bonchev–Trinajstić information content (AvgIpc) is 2.29. The van der Waals surface area contributed by atoms with Crippen LogP contribution >= 0.6 is 46.6 Å². The van der Waals surface area contributed by atoms with E-state index in [1.54, 1.807) is 24.4 Å². The zero-order chi connectivity index (χ0) is 12.4. The first kappa shape index (κ1) is 12.8. The molecule has 0 aliphatic rings. The van der Waals surface area contributed by atoms with Gasteiger partial charge in [-0.3, -0.25) is 0 Å². The Labute approximate surface area is 118 Å². The number of pyridine rings is 1. The molecule has 6 heteroatoms. The van der Waals surface area contributed by atoms with Crippen molar-refractivity contribution in [3.8, 4) is 0 Å². The molecule has 0 saturated heterocycles. The quantitative estimate of drug-likeness (QED) is 0.812. The standard InChI is InChI=1S/C11H7Cl3N2S/c12-7-3-9(14)10(4-8(7)13)17-11-2-1-6(15)5-16-11/h1-5H,15H2. The molecule has 0 fully saturated rings. The Morgan fingerprint density at radius 3 is 2.35 bits per heavy atom. The minimum absolute atomic E-state index is 0.436. The van der Waals surface area contributed by atoms with Crippen LogP contribution in [0.2, 0.25) is 15.1 Å². The topological polar surface area (TPSA) is 38.9 Å². The fraction of sp³-hybridized carbons (Fsp3) is 0. The lowest BCUT2D eigenvalue weighted by Gasteiger charge is -2.05. The van der Waals surface area contributed by atoms with Crippen molar-refractivity contribution in [1.82, 2.24) is 4.98 Å². The van der Waals surface area contributed by atoms with Gasteiger partial charge in [-0.1, -0.05) is 46.6 Å². The van der Waals surface area contributed by atoms with Crippen molar-refractivity contribution in [2.24, 2.45) is 0 Å². The molecule has 2 N–H and O–H groups in total. The Bertz CT molecular complexity index is 543. The molecule has 2 rings (SSSR count). The third-order valence-corrected chi connectivity index (χ3v) is 4.10. The molecule has 1 aromatic heterocycles. The number of benzene rings is 1. The van der Waals surface area contributed by atoms with E-state index in [-0.39, 0.29) is 0 Å². The first-order chi connectivity index (χ1) is 8.06. The van der Waals surface area contributed by atoms with Crippen LogP contribution in [0.25, 0.3) is 0 Å². The second-order valence-electron chi connectivity index (χ2n) is 3.23. The van der Waals surface area contributed by atoms with Gasteiger partial charge in [-0.15, -0.1) is 0 Å². The maximum Gasteiger partial charge on any atom is 0.101 e. The minimum Gasteiger partial charge on any atom is -0.397 e. The number of nitrogens with two attached hydrogens (primary N) is 1. The van der Waals surface area contributed by atoms with Gasteiger partial charge in [0.25, 0.3) is 0 Å². The fourth-order valence-corrected chi connectivity index (χ4v) is 2.67. The first-order valence-corrected chi connectivity index (χ1v) is 6.55. The Hall–Kier alpha value is -0.610. The number of rotatable bonds is 2. The molecule has 1 aromatic carbocycles. The van der Waals surface area contributed by atoms with Gasteiger partial charge in [0.15, 0.2) is 0 Å². The number of hydrogen-bond acceptors (Lipinski definition) is 3. The van der Waals surface area contributed by atoms with Gasteiger partial charge in [-0.2, -0.15) is 0 Å². The highest BCUT2D eigenvalue weighted by molar-refractivity contribution is 7.99. The number of anilines is 1. The lowest BCUT2D eigenvalue weighted by molar-refractivity contribution is 1.14. The van der Waals surface area contributed by atoms with Crippen LogP contribution in [0.1, 0.15) is 0 Å². The van der Waals surface area contributed by atoms with E-state index in [1.807, 2.05) is 6.07 Å². The fourth-order valence-electron chi connectivity index (χ4n) is 1.15. The van der Waals surface area contributed by atoms with Gasteiger partial charge in [-0.25, -0.2) is 4.98 Å². The second-order valence-corrected chi connectivity index (χ2v) is 5.51. The summed E-state index contributed by atoms with van der Waals surface area (Å²) >= 11 is 19.3. The van der Waals surface area contributed by atoms with Crippen LogP contribution in [0.4, 0.5) is 5.69 Å². The smallest absolute Gasteiger partial charge is 0.101 e. The number of nitrogens with zero attached hydrogens (tertiary/aromatic N) is 1. The van der Waals surface area contributed by atoms with Crippen LogP contribution in [0.3, 0.4) is 0 Å². The molecule has 0 aliphatic carbocycles. The minimum atomic E-state index is 0.436. The highest BCUT2D eigenvalue weighted by Gasteiger charge is 2.08. The molecule has 0 bridgehead atoms. The molecule has 2 nitrogen and oxygen atoms in total. The molecule has 0 unspecified atom stereocenters. The molecule has 1 heterocycles. The Morgan fingerprint density at radius 2 is 1.71 bits per heavy atom. The molecule has 0 radical (unpaired) electrons. The molecular weight excluding hydrogens is 299 g/mol. The maximum atomic E-state index is 6.07. The van der Waals surface area contributed by atoms with Crippen LogP contribution in [0.5, 0.6) is 0 Å². The lowest BCUT2D eigenvalue weighted by Crippen LogP contribution is -1.86. The normalized spacial score (nSPS) is 10.5. The Kier molecular flexibility index (Phi) is 4.05. The second kappa shape index (κ2) is 5.36. The van der Waals surface area contributed by atoms with Crippen molar-refractivity contribution in [3.05, 3.63) is 45.5 Å². The zero-order valence-corrected chi connectivity index (χ0v) is 11.5. The summed E-state index contributed by atoms with van der Waals surface area (Å²) in [5.74, 6) is 0. The summed E-state index contributed by atoms with van der Waals surface area (Å²) in [6, 6.07) is 6.93. The maximum absolute atomic E-state index is 6.07. The van der Waals surface area contributed by atoms with E-state index in [0.29, 0.717) is 20.8 Å². The Morgan fingerprint density at radius 1 is 1.00 bits per heavy atom. The van der Waals surface area contributed by atoms with Crippen LogP contribution in [-0.4, -0.2) is 4.98 Å². The lowest BCUT2D eigenvalue weighted by atomic mass is 10.4. The van der Waals surface area contributed by atoms with E-state index in [9.17, 15) is 0 Å². The van der Waals surface area contributed by atoms with Gasteiger partial charge in [0.1, 0.15) is 5.03 Å². The highest BCUT2D eigenvalue weighted by atomic mass is 35.5. The SMILES string of the molecule is Nc1ccc(Sc2cc(Cl)c(Cl)cc2Cl)nc1. The predicted octanol–water partition coefficient (Wildman–Crippen LogP) is 4.78. The van der Waals surface area contributed by atoms with Crippen molar-refractivity contribution < 1.29 is 0 Å². The van der Waals surface area contributed by atoms with Crippen molar-refractivity contribution in [3.63, 3.8) is 0 Å². The molecule has 0 aliphatic heterocycles. The van der Waals surface area contributed by atoms with Crippen molar-refractivity contribution in [2.45, 2.75) is 9.92 Å². The molecule has 88 valence electrons. The summed E-state index contributed by atoms with van der Waals surface area (Å²) in [4.78, 5) is 4.97. The summed E-state index contributed by atoms with van der Waals surface area (Å²) in [5.41, 5.74) is 6.18. The largest absolute Gasteiger partial charge is 0.397 e. The number of aromatic nitrogens is 1. The number of nitrogen functional groups attached to an aromatic ring is 1. The molecule has 0 atom stereocenters. The van der Waals surface area contributed by atoms with E-state index >= 15 is 0 Å². The van der Waals surface area contributed by atoms with Gasteiger partial charge in [-0.05, 0) is 24.3 Å². The van der Waals surface area contributed by atoms with Gasteiger partial charge in [0.2, 0.25) is 0 Å². The molecule has 0 spiro atoms. The third-order valence-electron chi connectivity index (χ3n) is 1.95. The molecular formula is C11H7Cl3N2S. The van der Waals surface area contributed by atoms with E-state index in [2.05, 4.69) is 4.98 Å². The number of halogens is 3. The summed E-state index contributed by atoms with van der Waals surface area (Å²) in [5, 5.41) is 2.24. The molecule has 0 amide bonds. The van der Waals surface area contributed by atoms with Gasteiger partial charge in [0.05, 0.1) is 27.0 Å². The zero-order valence-electron chi connectivity index (χ0n) is 8.45. The number of hydrogen-bond donors (Lipinski definition) is 1. The van der Waals surface area contributed by atoms with Crippen molar-refractivity contribution in [2.75, 3.05) is 5.73 Å². The van der Waals surface area contributed by atoms with Crippen molar-refractivity contribution >= 4 is 52.3 Å². The van der Waals surface area contributed by atoms with Crippen LogP contribution < -0.4 is 5.73 Å². The summed E-state index contributed by atoms with van der Waals surface area (Å²) in [7, 11) is 0.